The van der Waals surface area contributed by atoms with E-state index in [4.69, 9.17) is 14.2 Å². The molecule has 1 atom stereocenters. The fourth-order valence-electron chi connectivity index (χ4n) is 2.21. The van der Waals surface area contributed by atoms with Crippen LogP contribution in [-0.2, 0) is 0 Å². The van der Waals surface area contributed by atoms with Crippen molar-refractivity contribution in [2.24, 2.45) is 0 Å². The van der Waals surface area contributed by atoms with Crippen LogP contribution in [0.3, 0.4) is 0 Å². The van der Waals surface area contributed by atoms with Crippen LogP contribution < -0.4 is 19.5 Å². The zero-order valence-corrected chi connectivity index (χ0v) is 13.1. The van der Waals surface area contributed by atoms with Crippen LogP contribution in [0, 0.1) is 0 Å². The SMILES string of the molecule is C=C(C)CC(NCC)c1cc(OC)c(OC)c(OC)c1. The van der Waals surface area contributed by atoms with Crippen LogP contribution in [0.25, 0.3) is 0 Å². The lowest BCUT2D eigenvalue weighted by atomic mass is 9.99. The summed E-state index contributed by atoms with van der Waals surface area (Å²) in [6, 6.07) is 4.15. The van der Waals surface area contributed by atoms with Gasteiger partial charge in [-0.3, -0.25) is 0 Å². The Morgan fingerprint density at radius 2 is 1.70 bits per heavy atom. The average Bonchev–Trinajstić information content (AvgIpc) is 2.44. The second-order valence-corrected chi connectivity index (χ2v) is 4.73. The quantitative estimate of drug-likeness (QED) is 0.741. The Morgan fingerprint density at radius 1 is 1.15 bits per heavy atom. The van der Waals surface area contributed by atoms with Crippen LogP contribution in [0.1, 0.15) is 31.9 Å². The molecule has 0 amide bonds. The molecule has 0 spiro atoms. The van der Waals surface area contributed by atoms with Crippen LogP contribution in [0.5, 0.6) is 17.2 Å². The van der Waals surface area contributed by atoms with Crippen molar-refractivity contribution in [2.75, 3.05) is 27.9 Å². The Kier molecular flexibility index (Phi) is 6.39. The molecule has 0 saturated heterocycles. The van der Waals surface area contributed by atoms with Gasteiger partial charge in [-0.2, -0.15) is 0 Å². The molecule has 1 aromatic rings. The smallest absolute Gasteiger partial charge is 0.203 e. The highest BCUT2D eigenvalue weighted by atomic mass is 16.5. The van der Waals surface area contributed by atoms with Gasteiger partial charge in [0, 0.05) is 6.04 Å². The molecular weight excluding hydrogens is 254 g/mol. The molecule has 0 bridgehead atoms. The molecule has 4 nitrogen and oxygen atoms in total. The van der Waals surface area contributed by atoms with E-state index in [0.717, 1.165) is 24.1 Å². The Labute approximate surface area is 121 Å². The first kappa shape index (κ1) is 16.4. The monoisotopic (exact) mass is 279 g/mol. The Hall–Kier alpha value is -1.68. The number of ether oxygens (including phenoxy) is 3. The van der Waals surface area contributed by atoms with Crippen LogP contribution in [0.15, 0.2) is 24.3 Å². The predicted octanol–water partition coefficient (Wildman–Crippen LogP) is 3.33. The van der Waals surface area contributed by atoms with Crippen molar-refractivity contribution in [2.45, 2.75) is 26.3 Å². The third-order valence-electron chi connectivity index (χ3n) is 3.09. The topological polar surface area (TPSA) is 39.7 Å². The molecule has 1 aromatic carbocycles. The molecule has 1 N–H and O–H groups in total. The van der Waals surface area contributed by atoms with E-state index in [9.17, 15) is 0 Å². The lowest BCUT2D eigenvalue weighted by molar-refractivity contribution is 0.323. The summed E-state index contributed by atoms with van der Waals surface area (Å²) in [7, 11) is 4.86. The van der Waals surface area contributed by atoms with Crippen molar-refractivity contribution < 1.29 is 14.2 Å². The number of methoxy groups -OCH3 is 3. The van der Waals surface area contributed by atoms with E-state index in [-0.39, 0.29) is 6.04 Å². The van der Waals surface area contributed by atoms with Crippen LogP contribution in [0.2, 0.25) is 0 Å². The van der Waals surface area contributed by atoms with Gasteiger partial charge < -0.3 is 19.5 Å². The fourth-order valence-corrected chi connectivity index (χ4v) is 2.21. The van der Waals surface area contributed by atoms with E-state index in [1.165, 1.54) is 0 Å². The molecule has 4 heteroatoms. The second-order valence-electron chi connectivity index (χ2n) is 4.73. The first-order valence-corrected chi connectivity index (χ1v) is 6.75. The van der Waals surface area contributed by atoms with E-state index in [0.29, 0.717) is 17.2 Å². The second kappa shape index (κ2) is 7.80. The highest BCUT2D eigenvalue weighted by Gasteiger charge is 2.18. The van der Waals surface area contributed by atoms with Gasteiger partial charge in [0.2, 0.25) is 5.75 Å². The van der Waals surface area contributed by atoms with Gasteiger partial charge >= 0.3 is 0 Å². The maximum absolute atomic E-state index is 5.40. The van der Waals surface area contributed by atoms with Gasteiger partial charge in [-0.15, -0.1) is 6.58 Å². The molecule has 112 valence electrons. The van der Waals surface area contributed by atoms with E-state index in [1.54, 1.807) is 21.3 Å². The van der Waals surface area contributed by atoms with Crippen molar-refractivity contribution in [1.29, 1.82) is 0 Å². The molecule has 1 unspecified atom stereocenters. The summed E-state index contributed by atoms with van der Waals surface area (Å²) in [4.78, 5) is 0. The highest BCUT2D eigenvalue weighted by molar-refractivity contribution is 5.54. The first-order valence-electron chi connectivity index (χ1n) is 6.75. The van der Waals surface area contributed by atoms with Gasteiger partial charge in [0.25, 0.3) is 0 Å². The van der Waals surface area contributed by atoms with Crippen LogP contribution in [-0.4, -0.2) is 27.9 Å². The molecule has 0 aromatic heterocycles. The highest BCUT2D eigenvalue weighted by Crippen LogP contribution is 2.40. The molecule has 20 heavy (non-hydrogen) atoms. The molecule has 0 heterocycles. The Bertz CT molecular complexity index is 432. The molecule has 0 saturated carbocycles. The number of nitrogens with one attached hydrogen (secondary N) is 1. The maximum atomic E-state index is 5.40. The van der Waals surface area contributed by atoms with Gasteiger partial charge in [0.05, 0.1) is 21.3 Å². The van der Waals surface area contributed by atoms with Crippen molar-refractivity contribution >= 4 is 0 Å². The zero-order chi connectivity index (χ0) is 15.1. The molecule has 1 rings (SSSR count). The summed E-state index contributed by atoms with van der Waals surface area (Å²) in [6.45, 7) is 8.99. The fraction of sp³-hybridized carbons (Fsp3) is 0.500. The molecule has 0 fully saturated rings. The molecular formula is C16H25NO3. The zero-order valence-electron chi connectivity index (χ0n) is 13.1. The summed E-state index contributed by atoms with van der Waals surface area (Å²) in [5, 5.41) is 3.46. The van der Waals surface area contributed by atoms with E-state index in [1.807, 2.05) is 19.1 Å². The summed E-state index contributed by atoms with van der Waals surface area (Å²) in [5.41, 5.74) is 2.23. The molecule has 0 aliphatic rings. The Balaban J connectivity index is 3.24. The average molecular weight is 279 g/mol. The summed E-state index contributed by atoms with van der Waals surface area (Å²) >= 11 is 0. The largest absolute Gasteiger partial charge is 0.493 e. The first-order chi connectivity index (χ1) is 9.57. The van der Waals surface area contributed by atoms with E-state index in [2.05, 4.69) is 18.8 Å². The lowest BCUT2D eigenvalue weighted by Gasteiger charge is -2.21. The van der Waals surface area contributed by atoms with Gasteiger partial charge in [-0.05, 0) is 37.6 Å². The van der Waals surface area contributed by atoms with Crippen LogP contribution >= 0.6 is 0 Å². The number of hydrogen-bond acceptors (Lipinski definition) is 4. The Morgan fingerprint density at radius 3 is 2.05 bits per heavy atom. The van der Waals surface area contributed by atoms with Gasteiger partial charge in [-0.1, -0.05) is 12.5 Å². The number of benzene rings is 1. The molecule has 0 aliphatic heterocycles. The van der Waals surface area contributed by atoms with Crippen LogP contribution in [0.4, 0.5) is 0 Å². The summed E-state index contributed by atoms with van der Waals surface area (Å²) < 4.78 is 16.1. The predicted molar refractivity (Wildman–Crippen MR) is 81.9 cm³/mol. The van der Waals surface area contributed by atoms with Gasteiger partial charge in [0.1, 0.15) is 0 Å². The third kappa shape index (κ3) is 3.90. The normalized spacial score (nSPS) is 11.8. The van der Waals surface area contributed by atoms with E-state index >= 15 is 0 Å². The van der Waals surface area contributed by atoms with Gasteiger partial charge in [0.15, 0.2) is 11.5 Å². The van der Waals surface area contributed by atoms with E-state index < -0.39 is 0 Å². The summed E-state index contributed by atoms with van der Waals surface area (Å²) in [5.74, 6) is 1.96. The minimum atomic E-state index is 0.186. The van der Waals surface area contributed by atoms with Crippen molar-refractivity contribution in [1.82, 2.24) is 5.32 Å². The van der Waals surface area contributed by atoms with Crippen molar-refractivity contribution in [3.63, 3.8) is 0 Å². The van der Waals surface area contributed by atoms with Gasteiger partial charge in [-0.25, -0.2) is 0 Å². The molecule has 0 radical (unpaired) electrons. The molecule has 0 aliphatic carbocycles. The minimum Gasteiger partial charge on any atom is -0.493 e. The standard InChI is InChI=1S/C16H25NO3/c1-7-17-13(8-11(2)3)12-9-14(18-4)16(20-6)15(10-12)19-5/h9-10,13,17H,2,7-8H2,1,3-6H3. The third-order valence-corrected chi connectivity index (χ3v) is 3.09. The van der Waals surface area contributed by atoms with Crippen molar-refractivity contribution in [3.8, 4) is 17.2 Å². The lowest BCUT2D eigenvalue weighted by Crippen LogP contribution is -2.21. The maximum Gasteiger partial charge on any atom is 0.203 e. The summed E-state index contributed by atoms with van der Waals surface area (Å²) in [6.07, 6.45) is 0.868. The van der Waals surface area contributed by atoms with Crippen molar-refractivity contribution in [3.05, 3.63) is 29.8 Å². The number of rotatable bonds is 8. The minimum absolute atomic E-state index is 0.186. The number of hydrogen-bond donors (Lipinski definition) is 1.